The molecule has 3 aromatic heterocycles. The van der Waals surface area contributed by atoms with Crippen LogP contribution in [0.5, 0.6) is 0 Å². The average molecular weight is 271 g/mol. The molecule has 0 N–H and O–H groups in total. The number of pyridine rings is 1. The van der Waals surface area contributed by atoms with Gasteiger partial charge in [0.2, 0.25) is 0 Å². The summed E-state index contributed by atoms with van der Waals surface area (Å²) in [7, 11) is 1.81. The number of carbonyl (C=O) groups is 1. The van der Waals surface area contributed by atoms with Crippen LogP contribution in [-0.4, -0.2) is 37.0 Å². The highest BCUT2D eigenvalue weighted by atomic mass is 16.5. The van der Waals surface area contributed by atoms with E-state index in [4.69, 9.17) is 4.74 Å². The van der Waals surface area contributed by atoms with E-state index in [1.54, 1.807) is 22.2 Å². The molecule has 0 aliphatic rings. The Labute approximate surface area is 114 Å². The van der Waals surface area contributed by atoms with Gasteiger partial charge in [-0.2, -0.15) is 0 Å². The van der Waals surface area contributed by atoms with Gasteiger partial charge in [0.15, 0.2) is 5.69 Å². The number of imidazole rings is 1. The molecule has 0 fully saturated rings. The van der Waals surface area contributed by atoms with E-state index < -0.39 is 5.97 Å². The molecule has 20 heavy (non-hydrogen) atoms. The summed E-state index contributed by atoms with van der Waals surface area (Å²) in [5.41, 5.74) is 2.64. The zero-order valence-electron chi connectivity index (χ0n) is 11.1. The number of rotatable bonds is 3. The lowest BCUT2D eigenvalue weighted by Crippen LogP contribution is -2.04. The Kier molecular flexibility index (Phi) is 2.94. The van der Waals surface area contributed by atoms with Crippen molar-refractivity contribution in [2.45, 2.75) is 6.92 Å². The molecule has 7 nitrogen and oxygen atoms in total. The van der Waals surface area contributed by atoms with Gasteiger partial charge < -0.3 is 9.14 Å². The number of hydrogen-bond acceptors (Lipinski definition) is 5. The molecule has 0 atom stereocenters. The Balaban J connectivity index is 2.01. The van der Waals surface area contributed by atoms with Crippen LogP contribution in [-0.2, 0) is 11.8 Å². The number of carbonyl (C=O) groups excluding carboxylic acids is 1. The molecular formula is C13H13N5O2. The van der Waals surface area contributed by atoms with Crippen LogP contribution < -0.4 is 0 Å². The van der Waals surface area contributed by atoms with Gasteiger partial charge in [0.25, 0.3) is 0 Å². The van der Waals surface area contributed by atoms with Crippen molar-refractivity contribution in [2.24, 2.45) is 7.05 Å². The summed E-state index contributed by atoms with van der Waals surface area (Å²) in [6.07, 6.45) is 5.33. The number of aromatic nitrogens is 5. The van der Waals surface area contributed by atoms with Gasteiger partial charge in [-0.1, -0.05) is 5.21 Å². The van der Waals surface area contributed by atoms with Crippen molar-refractivity contribution in [2.75, 3.05) is 6.61 Å². The summed E-state index contributed by atoms with van der Waals surface area (Å²) in [5, 5.41) is 7.95. The zero-order valence-corrected chi connectivity index (χ0v) is 11.1. The molecule has 0 aliphatic heterocycles. The molecule has 0 aliphatic carbocycles. The SMILES string of the molecule is CCOC(=O)c1cn2cc(-c3cn(C)nn3)ccc2n1. The first-order chi connectivity index (χ1) is 9.67. The fraction of sp³-hybridized carbons (Fsp3) is 0.231. The molecule has 0 amide bonds. The molecular weight excluding hydrogens is 258 g/mol. The molecule has 0 radical (unpaired) electrons. The molecule has 7 heteroatoms. The van der Waals surface area contributed by atoms with E-state index in [1.165, 1.54) is 0 Å². The minimum absolute atomic E-state index is 0.295. The molecule has 0 aromatic carbocycles. The van der Waals surface area contributed by atoms with Gasteiger partial charge in [0.1, 0.15) is 11.3 Å². The highest BCUT2D eigenvalue weighted by Crippen LogP contribution is 2.17. The smallest absolute Gasteiger partial charge is 0.358 e. The van der Waals surface area contributed by atoms with E-state index in [0.717, 1.165) is 11.3 Å². The summed E-state index contributed by atoms with van der Waals surface area (Å²) in [5.74, 6) is -0.419. The highest BCUT2D eigenvalue weighted by Gasteiger charge is 2.12. The molecule has 0 saturated carbocycles. The highest BCUT2D eigenvalue weighted by molar-refractivity contribution is 5.88. The molecule has 0 unspecified atom stereocenters. The summed E-state index contributed by atoms with van der Waals surface area (Å²) < 4.78 is 8.35. The maximum absolute atomic E-state index is 11.6. The number of ether oxygens (including phenoxy) is 1. The molecule has 3 rings (SSSR count). The van der Waals surface area contributed by atoms with Gasteiger partial charge in [-0.15, -0.1) is 5.10 Å². The van der Waals surface area contributed by atoms with Crippen molar-refractivity contribution in [1.82, 2.24) is 24.4 Å². The van der Waals surface area contributed by atoms with Gasteiger partial charge in [-0.3, -0.25) is 4.68 Å². The summed E-state index contributed by atoms with van der Waals surface area (Å²) in [6.45, 7) is 2.09. The fourth-order valence-electron chi connectivity index (χ4n) is 1.93. The average Bonchev–Trinajstić information content (AvgIpc) is 3.04. The lowest BCUT2D eigenvalue weighted by Gasteiger charge is -1.97. The first-order valence-electron chi connectivity index (χ1n) is 6.20. The summed E-state index contributed by atoms with van der Waals surface area (Å²) >= 11 is 0. The van der Waals surface area contributed by atoms with E-state index in [1.807, 2.05) is 31.6 Å². The second-order valence-corrected chi connectivity index (χ2v) is 4.31. The minimum Gasteiger partial charge on any atom is -0.461 e. The second-order valence-electron chi connectivity index (χ2n) is 4.31. The number of hydrogen-bond donors (Lipinski definition) is 0. The van der Waals surface area contributed by atoms with Crippen molar-refractivity contribution in [1.29, 1.82) is 0 Å². The Morgan fingerprint density at radius 3 is 2.85 bits per heavy atom. The number of fused-ring (bicyclic) bond motifs is 1. The molecule has 3 aromatic rings. The van der Waals surface area contributed by atoms with Crippen LogP contribution in [0.1, 0.15) is 17.4 Å². The predicted molar refractivity (Wildman–Crippen MR) is 71.1 cm³/mol. The van der Waals surface area contributed by atoms with E-state index in [9.17, 15) is 4.79 Å². The monoisotopic (exact) mass is 271 g/mol. The van der Waals surface area contributed by atoms with Crippen LogP contribution in [0.15, 0.2) is 30.7 Å². The van der Waals surface area contributed by atoms with Crippen molar-refractivity contribution < 1.29 is 9.53 Å². The summed E-state index contributed by atoms with van der Waals surface area (Å²) in [6, 6.07) is 3.72. The van der Waals surface area contributed by atoms with Crippen LogP contribution >= 0.6 is 0 Å². The Bertz CT molecular complexity index is 774. The standard InChI is InChI=1S/C13H13N5O2/c1-3-20-13(19)11-8-18-6-9(4-5-12(18)14-11)10-7-17(2)16-15-10/h4-8H,3H2,1-2H3. The maximum atomic E-state index is 11.6. The van der Waals surface area contributed by atoms with E-state index in [-0.39, 0.29) is 0 Å². The molecule has 0 spiro atoms. The first-order valence-corrected chi connectivity index (χ1v) is 6.20. The third-order valence-corrected chi connectivity index (χ3v) is 2.83. The van der Waals surface area contributed by atoms with Crippen molar-refractivity contribution in [3.63, 3.8) is 0 Å². The van der Waals surface area contributed by atoms with Crippen LogP contribution in [0.2, 0.25) is 0 Å². The Morgan fingerprint density at radius 1 is 1.30 bits per heavy atom. The van der Waals surface area contributed by atoms with Gasteiger partial charge in [-0.05, 0) is 19.1 Å². The van der Waals surface area contributed by atoms with Crippen LogP contribution in [0, 0.1) is 0 Å². The first kappa shape index (κ1) is 12.3. The zero-order chi connectivity index (χ0) is 14.1. The van der Waals surface area contributed by atoms with Gasteiger partial charge >= 0.3 is 5.97 Å². The fourth-order valence-corrected chi connectivity index (χ4v) is 1.93. The molecule has 0 saturated heterocycles. The third kappa shape index (κ3) is 2.13. The van der Waals surface area contributed by atoms with Crippen LogP contribution in [0.4, 0.5) is 0 Å². The van der Waals surface area contributed by atoms with E-state index in [2.05, 4.69) is 15.3 Å². The van der Waals surface area contributed by atoms with Crippen molar-refractivity contribution in [3.8, 4) is 11.3 Å². The third-order valence-electron chi connectivity index (χ3n) is 2.83. The lowest BCUT2D eigenvalue weighted by molar-refractivity contribution is 0.0520. The van der Waals surface area contributed by atoms with E-state index in [0.29, 0.717) is 17.9 Å². The van der Waals surface area contributed by atoms with Crippen molar-refractivity contribution in [3.05, 3.63) is 36.4 Å². The van der Waals surface area contributed by atoms with Gasteiger partial charge in [-0.25, -0.2) is 9.78 Å². The maximum Gasteiger partial charge on any atom is 0.358 e. The normalized spacial score (nSPS) is 10.9. The minimum atomic E-state index is -0.419. The summed E-state index contributed by atoms with van der Waals surface area (Å²) in [4.78, 5) is 15.9. The lowest BCUT2D eigenvalue weighted by atomic mass is 10.2. The number of esters is 1. The van der Waals surface area contributed by atoms with Gasteiger partial charge in [0, 0.05) is 25.0 Å². The number of aryl methyl sites for hydroxylation is 1. The molecule has 0 bridgehead atoms. The predicted octanol–water partition coefficient (Wildman–Crippen LogP) is 1.31. The molecule has 3 heterocycles. The second kappa shape index (κ2) is 4.76. The van der Waals surface area contributed by atoms with E-state index >= 15 is 0 Å². The van der Waals surface area contributed by atoms with Gasteiger partial charge in [0.05, 0.1) is 12.8 Å². The number of nitrogens with zero attached hydrogens (tertiary/aromatic N) is 5. The quantitative estimate of drug-likeness (QED) is 0.671. The van der Waals surface area contributed by atoms with Crippen LogP contribution in [0.3, 0.4) is 0 Å². The largest absolute Gasteiger partial charge is 0.461 e. The Morgan fingerprint density at radius 2 is 2.15 bits per heavy atom. The molecule has 102 valence electrons. The Hall–Kier alpha value is -2.70. The van der Waals surface area contributed by atoms with Crippen molar-refractivity contribution >= 4 is 11.6 Å². The topological polar surface area (TPSA) is 74.3 Å². The van der Waals surface area contributed by atoms with Crippen LogP contribution in [0.25, 0.3) is 16.9 Å².